The summed E-state index contributed by atoms with van der Waals surface area (Å²) in [5, 5.41) is 12.1. The molecule has 1 atom stereocenters. The number of amides is 1. The summed E-state index contributed by atoms with van der Waals surface area (Å²) in [6, 6.07) is 11.9. The van der Waals surface area contributed by atoms with Crippen LogP contribution < -0.4 is 5.32 Å². The Kier molecular flexibility index (Phi) is 6.51. The van der Waals surface area contributed by atoms with E-state index in [-0.39, 0.29) is 11.9 Å². The molecule has 7 heteroatoms. The van der Waals surface area contributed by atoms with Crippen LogP contribution in [0.1, 0.15) is 59.6 Å². The summed E-state index contributed by atoms with van der Waals surface area (Å²) in [5.41, 5.74) is 2.61. The number of carbonyl (C=O) groups excluding carboxylic acids is 1. The van der Waals surface area contributed by atoms with Gasteiger partial charge in [-0.05, 0) is 37.0 Å². The maximum absolute atomic E-state index is 12.6. The van der Waals surface area contributed by atoms with Gasteiger partial charge < -0.3 is 14.3 Å². The topological polar surface area (TPSA) is 76.2 Å². The maximum Gasteiger partial charge on any atom is 0.287 e. The van der Waals surface area contributed by atoms with Gasteiger partial charge in [0, 0.05) is 32.6 Å². The molecule has 7 nitrogen and oxygen atoms in total. The number of nitrogens with zero attached hydrogens (tertiary/aromatic N) is 4. The van der Waals surface area contributed by atoms with Gasteiger partial charge in [0.2, 0.25) is 0 Å². The molecule has 1 N–H and O–H groups in total. The van der Waals surface area contributed by atoms with Gasteiger partial charge >= 0.3 is 0 Å². The first-order valence-corrected chi connectivity index (χ1v) is 11.0. The minimum absolute atomic E-state index is 0.206. The molecule has 3 heterocycles. The highest BCUT2D eigenvalue weighted by molar-refractivity contribution is 5.91. The number of aromatic nitrogens is 3. The fourth-order valence-electron chi connectivity index (χ4n) is 4.09. The lowest BCUT2D eigenvalue weighted by Gasteiger charge is -2.22. The summed E-state index contributed by atoms with van der Waals surface area (Å²) >= 11 is 0. The normalized spacial score (nSPS) is 15.5. The highest BCUT2D eigenvalue weighted by atomic mass is 16.3. The lowest BCUT2D eigenvalue weighted by atomic mass is 10.0. The van der Waals surface area contributed by atoms with Gasteiger partial charge in [0.15, 0.2) is 11.6 Å². The van der Waals surface area contributed by atoms with E-state index in [1.165, 1.54) is 17.4 Å². The molecule has 1 unspecified atom stereocenters. The second kappa shape index (κ2) is 9.47. The summed E-state index contributed by atoms with van der Waals surface area (Å²) < 4.78 is 7.47. The second-order valence-corrected chi connectivity index (χ2v) is 8.77. The summed E-state index contributed by atoms with van der Waals surface area (Å²) in [5.74, 6) is 2.32. The Morgan fingerprint density at radius 3 is 2.65 bits per heavy atom. The summed E-state index contributed by atoms with van der Waals surface area (Å²) in [4.78, 5) is 15.1. The number of hydrogen-bond donors (Lipinski definition) is 1. The van der Waals surface area contributed by atoms with Crippen molar-refractivity contribution in [3.63, 3.8) is 0 Å². The standard InChI is InChI=1S/C24H31N5O2/c1-17(2)15-20(25-24(30)21-5-4-14-31-21)23-27-26-22-10-11-28(12-13-29(22)23)16-19-8-6-18(3)7-9-19/h4-9,14,17,20H,10-13,15-16H2,1-3H3,(H,25,30). The van der Waals surface area contributed by atoms with Crippen molar-refractivity contribution in [1.82, 2.24) is 25.0 Å². The van der Waals surface area contributed by atoms with Crippen LogP contribution in [-0.2, 0) is 19.5 Å². The van der Waals surface area contributed by atoms with E-state index >= 15 is 0 Å². The van der Waals surface area contributed by atoms with Crippen LogP contribution in [0.3, 0.4) is 0 Å². The Balaban J connectivity index is 1.48. The summed E-state index contributed by atoms with van der Waals surface area (Å²) in [7, 11) is 0. The molecular weight excluding hydrogens is 390 g/mol. The lowest BCUT2D eigenvalue weighted by Crippen LogP contribution is -2.32. The first-order valence-electron chi connectivity index (χ1n) is 11.0. The highest BCUT2D eigenvalue weighted by Crippen LogP contribution is 2.23. The molecule has 0 bridgehead atoms. The van der Waals surface area contributed by atoms with E-state index in [0.717, 1.165) is 50.7 Å². The van der Waals surface area contributed by atoms with Gasteiger partial charge in [-0.25, -0.2) is 0 Å². The third-order valence-electron chi connectivity index (χ3n) is 5.74. The Morgan fingerprint density at radius 1 is 1.13 bits per heavy atom. The van der Waals surface area contributed by atoms with Crippen LogP contribution in [0.15, 0.2) is 47.1 Å². The van der Waals surface area contributed by atoms with E-state index in [0.29, 0.717) is 11.7 Å². The van der Waals surface area contributed by atoms with Crippen LogP contribution in [0.25, 0.3) is 0 Å². The number of benzene rings is 1. The molecule has 1 aliphatic heterocycles. The van der Waals surface area contributed by atoms with Crippen LogP contribution in [0.2, 0.25) is 0 Å². The molecular formula is C24H31N5O2. The average molecular weight is 422 g/mol. The third-order valence-corrected chi connectivity index (χ3v) is 5.74. The number of hydrogen-bond acceptors (Lipinski definition) is 5. The zero-order valence-corrected chi connectivity index (χ0v) is 18.5. The van der Waals surface area contributed by atoms with Gasteiger partial charge in [-0.2, -0.15) is 0 Å². The quantitative estimate of drug-likeness (QED) is 0.629. The largest absolute Gasteiger partial charge is 0.459 e. The Bertz CT molecular complexity index is 992. The molecule has 2 aromatic heterocycles. The van der Waals surface area contributed by atoms with E-state index in [1.807, 2.05) is 0 Å². The predicted molar refractivity (Wildman–Crippen MR) is 119 cm³/mol. The van der Waals surface area contributed by atoms with E-state index in [4.69, 9.17) is 4.42 Å². The molecule has 164 valence electrons. The van der Waals surface area contributed by atoms with Crippen molar-refractivity contribution in [3.05, 3.63) is 71.2 Å². The molecule has 0 aliphatic carbocycles. The summed E-state index contributed by atoms with van der Waals surface area (Å²) in [6.07, 6.45) is 3.15. The first kappa shape index (κ1) is 21.3. The number of rotatable bonds is 7. The van der Waals surface area contributed by atoms with Crippen molar-refractivity contribution in [2.24, 2.45) is 5.92 Å². The first-order chi connectivity index (χ1) is 15.0. The number of furan rings is 1. The van der Waals surface area contributed by atoms with E-state index in [2.05, 4.69) is 70.0 Å². The van der Waals surface area contributed by atoms with Gasteiger partial charge in [0.05, 0.1) is 12.3 Å². The third kappa shape index (κ3) is 5.22. The van der Waals surface area contributed by atoms with Crippen LogP contribution in [0, 0.1) is 12.8 Å². The van der Waals surface area contributed by atoms with E-state index < -0.39 is 0 Å². The van der Waals surface area contributed by atoms with Crippen molar-refractivity contribution in [3.8, 4) is 0 Å². The van der Waals surface area contributed by atoms with Crippen LogP contribution in [-0.4, -0.2) is 38.7 Å². The van der Waals surface area contributed by atoms with Crippen LogP contribution in [0.4, 0.5) is 0 Å². The molecule has 3 aromatic rings. The highest BCUT2D eigenvalue weighted by Gasteiger charge is 2.27. The Labute approximate surface area is 183 Å². The van der Waals surface area contributed by atoms with E-state index in [9.17, 15) is 4.79 Å². The molecule has 4 rings (SSSR count). The van der Waals surface area contributed by atoms with Crippen LogP contribution >= 0.6 is 0 Å². The fraction of sp³-hybridized carbons (Fsp3) is 0.458. The molecule has 1 aromatic carbocycles. The average Bonchev–Trinajstić information content (AvgIpc) is 3.37. The number of carbonyl (C=O) groups is 1. The zero-order valence-electron chi connectivity index (χ0n) is 18.5. The maximum atomic E-state index is 12.6. The minimum atomic E-state index is -0.220. The number of fused-ring (bicyclic) bond motifs is 1. The Morgan fingerprint density at radius 2 is 1.94 bits per heavy atom. The van der Waals surface area contributed by atoms with Gasteiger partial charge in [0.25, 0.3) is 5.91 Å². The molecule has 0 radical (unpaired) electrons. The Hall–Kier alpha value is -2.93. The monoisotopic (exact) mass is 421 g/mol. The van der Waals surface area contributed by atoms with Crippen molar-refractivity contribution < 1.29 is 9.21 Å². The SMILES string of the molecule is Cc1ccc(CN2CCc3nnc(C(CC(C)C)NC(=O)c4ccco4)n3CC2)cc1. The van der Waals surface area contributed by atoms with E-state index in [1.54, 1.807) is 12.1 Å². The smallest absolute Gasteiger partial charge is 0.287 e. The molecule has 31 heavy (non-hydrogen) atoms. The molecule has 0 fully saturated rings. The van der Waals surface area contributed by atoms with Gasteiger partial charge in [-0.1, -0.05) is 43.7 Å². The molecule has 1 aliphatic rings. The molecule has 0 saturated heterocycles. The van der Waals surface area contributed by atoms with Crippen molar-refractivity contribution >= 4 is 5.91 Å². The van der Waals surface area contributed by atoms with Crippen molar-refractivity contribution in [2.75, 3.05) is 13.1 Å². The van der Waals surface area contributed by atoms with Crippen molar-refractivity contribution in [1.29, 1.82) is 0 Å². The van der Waals surface area contributed by atoms with Crippen LogP contribution in [0.5, 0.6) is 0 Å². The second-order valence-electron chi connectivity index (χ2n) is 8.77. The predicted octanol–water partition coefficient (Wildman–Crippen LogP) is 3.76. The van der Waals surface area contributed by atoms with Gasteiger partial charge in [-0.15, -0.1) is 10.2 Å². The number of aryl methyl sites for hydroxylation is 1. The zero-order chi connectivity index (χ0) is 21.8. The molecule has 0 saturated carbocycles. The van der Waals surface area contributed by atoms with Gasteiger partial charge in [-0.3, -0.25) is 9.69 Å². The lowest BCUT2D eigenvalue weighted by molar-refractivity contribution is 0.0900. The van der Waals surface area contributed by atoms with Gasteiger partial charge in [0.1, 0.15) is 5.82 Å². The minimum Gasteiger partial charge on any atom is -0.459 e. The summed E-state index contributed by atoms with van der Waals surface area (Å²) in [6.45, 7) is 10.0. The number of nitrogens with one attached hydrogen (secondary N) is 1. The fourth-order valence-corrected chi connectivity index (χ4v) is 4.09. The van der Waals surface area contributed by atoms with Crippen molar-refractivity contribution in [2.45, 2.75) is 52.7 Å². The molecule has 0 spiro atoms. The molecule has 1 amide bonds.